The summed E-state index contributed by atoms with van der Waals surface area (Å²) in [6.07, 6.45) is 5.54. The Morgan fingerprint density at radius 3 is 1.28 bits per heavy atom. The fraction of sp³-hybridized carbons (Fsp3) is 0.308. The lowest BCUT2D eigenvalue weighted by molar-refractivity contribution is 0.0425. The van der Waals surface area contributed by atoms with E-state index in [2.05, 4.69) is 9.47 Å². The molecule has 0 amide bonds. The molecule has 0 unspecified atom stereocenters. The third-order valence-electron chi connectivity index (χ3n) is 6.30. The number of carboxylic acids is 2. The molecule has 4 rings (SSSR count). The van der Waals surface area contributed by atoms with E-state index in [4.69, 9.17) is 0 Å². The summed E-state index contributed by atoms with van der Waals surface area (Å²) in [4.78, 5) is 70.4. The first-order chi connectivity index (χ1) is 17.2. The van der Waals surface area contributed by atoms with Gasteiger partial charge < -0.3 is 19.7 Å². The summed E-state index contributed by atoms with van der Waals surface area (Å²) in [6.45, 7) is 0. The first-order valence-corrected chi connectivity index (χ1v) is 11.5. The number of carbonyl (C=O) groups is 6. The van der Waals surface area contributed by atoms with Gasteiger partial charge in [0.05, 0.1) is 33.4 Å². The molecule has 10 heteroatoms. The van der Waals surface area contributed by atoms with Crippen molar-refractivity contribution in [3.63, 3.8) is 0 Å². The Hall–Kier alpha value is -4.34. The van der Waals surface area contributed by atoms with Gasteiger partial charge >= 0.3 is 35.8 Å². The number of carboxylic acid groups (broad SMARTS) is 2. The number of ether oxygens (including phenoxy) is 2. The molecule has 10 nitrogen and oxygen atoms in total. The summed E-state index contributed by atoms with van der Waals surface area (Å²) in [5.74, 6) is -5.57. The van der Waals surface area contributed by atoms with Crippen LogP contribution in [0, 0.1) is 0 Å². The van der Waals surface area contributed by atoms with Gasteiger partial charge in [-0.05, 0) is 61.1 Å². The third kappa shape index (κ3) is 4.88. The summed E-state index contributed by atoms with van der Waals surface area (Å²) in [5, 5.41) is 18.6. The van der Waals surface area contributed by atoms with E-state index < -0.39 is 35.8 Å². The number of rotatable bonds is 11. The number of cyclic esters (lactones) is 4. The number of hydrogen-bond acceptors (Lipinski definition) is 8. The molecule has 0 atom stereocenters. The number of aromatic carboxylic acids is 2. The van der Waals surface area contributed by atoms with Crippen LogP contribution in [0.1, 0.15) is 112 Å². The fourth-order valence-corrected chi connectivity index (χ4v) is 4.57. The highest BCUT2D eigenvalue weighted by atomic mass is 16.6. The molecular weight excluding hydrogens is 472 g/mol. The minimum atomic E-state index is -1.19. The summed E-state index contributed by atoms with van der Waals surface area (Å²) < 4.78 is 9.25. The van der Waals surface area contributed by atoms with Crippen LogP contribution in [0.3, 0.4) is 0 Å². The van der Waals surface area contributed by atoms with E-state index in [0.29, 0.717) is 36.8 Å². The molecule has 0 bridgehead atoms. The van der Waals surface area contributed by atoms with Gasteiger partial charge in [-0.2, -0.15) is 0 Å². The van der Waals surface area contributed by atoms with Crippen molar-refractivity contribution in [2.45, 2.75) is 51.4 Å². The van der Waals surface area contributed by atoms with Gasteiger partial charge in [-0.3, -0.25) is 0 Å². The Balaban J connectivity index is 1.27. The first kappa shape index (κ1) is 24.8. The zero-order valence-electron chi connectivity index (χ0n) is 19.1. The lowest BCUT2D eigenvalue weighted by Crippen LogP contribution is -2.06. The van der Waals surface area contributed by atoms with Crippen molar-refractivity contribution in [3.8, 4) is 0 Å². The number of esters is 4. The van der Waals surface area contributed by atoms with Crippen molar-refractivity contribution in [1.82, 2.24) is 0 Å². The maximum Gasteiger partial charge on any atom is 0.347 e. The molecular formula is C26H22O10. The van der Waals surface area contributed by atoms with Crippen molar-refractivity contribution in [2.75, 3.05) is 0 Å². The summed E-state index contributed by atoms with van der Waals surface area (Å²) in [7, 11) is 0. The van der Waals surface area contributed by atoms with Crippen LogP contribution in [0.4, 0.5) is 0 Å². The van der Waals surface area contributed by atoms with Crippen LogP contribution in [0.2, 0.25) is 0 Å². The third-order valence-corrected chi connectivity index (χ3v) is 6.30. The smallest absolute Gasteiger partial charge is 0.347 e. The van der Waals surface area contributed by atoms with Crippen molar-refractivity contribution in [2.24, 2.45) is 0 Å². The van der Waals surface area contributed by atoms with E-state index in [-0.39, 0.29) is 33.4 Å². The van der Waals surface area contributed by atoms with Crippen molar-refractivity contribution in [3.05, 3.63) is 68.8 Å². The molecule has 0 aromatic heterocycles. The van der Waals surface area contributed by atoms with Crippen LogP contribution in [0.5, 0.6) is 0 Å². The number of aryl methyl sites for hydroxylation is 2. The van der Waals surface area contributed by atoms with Gasteiger partial charge in [0.1, 0.15) is 0 Å². The molecule has 2 aromatic rings. The molecule has 0 saturated carbocycles. The molecule has 2 aromatic carbocycles. The minimum Gasteiger partial charge on any atom is -0.478 e. The zero-order valence-corrected chi connectivity index (χ0v) is 19.1. The maximum atomic E-state index is 12.0. The highest BCUT2D eigenvalue weighted by Crippen LogP contribution is 2.29. The Bertz CT molecular complexity index is 1220. The Labute approximate surface area is 204 Å². The van der Waals surface area contributed by atoms with E-state index in [1.54, 1.807) is 0 Å². The fourth-order valence-electron chi connectivity index (χ4n) is 4.57. The number of unbranched alkanes of at least 4 members (excludes halogenated alkanes) is 5. The predicted molar refractivity (Wildman–Crippen MR) is 121 cm³/mol. The van der Waals surface area contributed by atoms with Gasteiger partial charge in [-0.25, -0.2) is 28.8 Å². The van der Waals surface area contributed by atoms with E-state index in [9.17, 15) is 39.0 Å². The normalized spacial score (nSPS) is 13.9. The Kier molecular flexibility index (Phi) is 6.96. The van der Waals surface area contributed by atoms with E-state index in [0.717, 1.165) is 37.8 Å². The number of hydrogen-bond donors (Lipinski definition) is 2. The molecule has 36 heavy (non-hydrogen) atoms. The SMILES string of the molecule is O=C(O)c1cc(CCCCCCCCc2cc(C(=O)O)cc3c2C(=O)OC3=O)c2c(c1)C(=O)OC2=O. The monoisotopic (exact) mass is 494 g/mol. The Morgan fingerprint density at radius 1 is 0.556 bits per heavy atom. The molecule has 0 radical (unpaired) electrons. The summed E-state index contributed by atoms with van der Waals surface area (Å²) in [5.41, 5.74) is 1.07. The van der Waals surface area contributed by atoms with Crippen molar-refractivity contribution >= 4 is 35.8 Å². The van der Waals surface area contributed by atoms with Crippen LogP contribution in [-0.4, -0.2) is 46.0 Å². The van der Waals surface area contributed by atoms with E-state index >= 15 is 0 Å². The van der Waals surface area contributed by atoms with Crippen LogP contribution in [0.25, 0.3) is 0 Å². The highest BCUT2D eigenvalue weighted by Gasteiger charge is 2.34. The van der Waals surface area contributed by atoms with Gasteiger partial charge in [0.15, 0.2) is 0 Å². The molecule has 0 saturated heterocycles. The molecule has 0 aliphatic carbocycles. The first-order valence-electron chi connectivity index (χ1n) is 11.5. The standard InChI is InChI=1S/C26H22O10/c27-21(28)15-9-13(19-17(11-15)23(31)35-25(19)33)7-5-3-1-2-4-6-8-14-10-16(22(29)30)12-18-20(14)26(34)36-24(18)32/h9-12H,1-8H2,(H,27,28)(H,29,30). The van der Waals surface area contributed by atoms with Crippen LogP contribution in [0.15, 0.2) is 24.3 Å². The predicted octanol–water partition coefficient (Wildman–Crippen LogP) is 3.83. The van der Waals surface area contributed by atoms with Crippen LogP contribution >= 0.6 is 0 Å². The van der Waals surface area contributed by atoms with Gasteiger partial charge in [-0.1, -0.05) is 25.7 Å². The summed E-state index contributed by atoms with van der Waals surface area (Å²) in [6, 6.07) is 5.12. The highest BCUT2D eigenvalue weighted by molar-refractivity contribution is 6.17. The second kappa shape index (κ2) is 10.1. The van der Waals surface area contributed by atoms with Gasteiger partial charge in [0, 0.05) is 0 Å². The topological polar surface area (TPSA) is 161 Å². The van der Waals surface area contributed by atoms with Gasteiger partial charge in [0.25, 0.3) is 0 Å². The Morgan fingerprint density at radius 2 is 0.917 bits per heavy atom. The van der Waals surface area contributed by atoms with Gasteiger partial charge in [0.2, 0.25) is 0 Å². The van der Waals surface area contributed by atoms with Crippen molar-refractivity contribution in [1.29, 1.82) is 0 Å². The number of benzene rings is 2. The van der Waals surface area contributed by atoms with Crippen LogP contribution < -0.4 is 0 Å². The lowest BCUT2D eigenvalue weighted by Gasteiger charge is -2.08. The minimum absolute atomic E-state index is 0.0149. The molecule has 0 fully saturated rings. The molecule has 2 N–H and O–H groups in total. The number of fused-ring (bicyclic) bond motifs is 2. The van der Waals surface area contributed by atoms with E-state index in [1.165, 1.54) is 12.1 Å². The largest absolute Gasteiger partial charge is 0.478 e. The van der Waals surface area contributed by atoms with Crippen LogP contribution in [-0.2, 0) is 22.3 Å². The average Bonchev–Trinajstić information content (AvgIpc) is 3.29. The molecule has 2 aliphatic rings. The quantitative estimate of drug-likeness (QED) is 0.267. The molecule has 2 aliphatic heterocycles. The van der Waals surface area contributed by atoms with E-state index in [1.807, 2.05) is 0 Å². The maximum absolute atomic E-state index is 12.0. The number of carbonyl (C=O) groups excluding carboxylic acids is 4. The zero-order chi connectivity index (χ0) is 26.0. The summed E-state index contributed by atoms with van der Waals surface area (Å²) >= 11 is 0. The second-order valence-electron chi connectivity index (χ2n) is 8.70. The second-order valence-corrected chi connectivity index (χ2v) is 8.70. The van der Waals surface area contributed by atoms with Crippen molar-refractivity contribution < 1.29 is 48.5 Å². The molecule has 2 heterocycles. The molecule has 0 spiro atoms. The average molecular weight is 494 g/mol. The molecule has 186 valence electrons. The lowest BCUT2D eigenvalue weighted by atomic mass is 9.94. The van der Waals surface area contributed by atoms with Gasteiger partial charge in [-0.15, -0.1) is 0 Å².